The summed E-state index contributed by atoms with van der Waals surface area (Å²) in [4.78, 5) is 42.4. The third-order valence-corrected chi connectivity index (χ3v) is 12.5. The van der Waals surface area contributed by atoms with Crippen molar-refractivity contribution in [3.8, 4) is 0 Å². The van der Waals surface area contributed by atoms with Crippen LogP contribution < -0.4 is 29.6 Å². The van der Waals surface area contributed by atoms with E-state index in [-0.39, 0.29) is 65.4 Å². The fourth-order valence-electron chi connectivity index (χ4n) is 6.53. The van der Waals surface area contributed by atoms with Crippen molar-refractivity contribution in [3.63, 3.8) is 0 Å². The van der Waals surface area contributed by atoms with E-state index in [0.717, 1.165) is 49.4 Å². The molecule has 3 aliphatic carbocycles. The summed E-state index contributed by atoms with van der Waals surface area (Å²) in [6.07, 6.45) is 17.4. The molecule has 0 saturated heterocycles. The van der Waals surface area contributed by atoms with Crippen LogP contribution in [0.5, 0.6) is 0 Å². The predicted molar refractivity (Wildman–Crippen MR) is 205 cm³/mol. The van der Waals surface area contributed by atoms with Gasteiger partial charge in [0, 0.05) is 18.8 Å². The van der Waals surface area contributed by atoms with Crippen LogP contribution in [0.25, 0.3) is 0 Å². The summed E-state index contributed by atoms with van der Waals surface area (Å²) in [6.45, 7) is 31.3. The van der Waals surface area contributed by atoms with Crippen LogP contribution >= 0.6 is 0 Å². The number of aldehydes is 1. The molecule has 0 spiro atoms. The molecule has 0 radical (unpaired) electrons. The van der Waals surface area contributed by atoms with Gasteiger partial charge in [-0.25, -0.2) is 0 Å². The topological polar surface area (TPSA) is 98.3 Å². The van der Waals surface area contributed by atoms with Gasteiger partial charge in [0.2, 0.25) is 0 Å². The van der Waals surface area contributed by atoms with Gasteiger partial charge in [0.05, 0.1) is 0 Å². The van der Waals surface area contributed by atoms with Crippen molar-refractivity contribution in [3.05, 3.63) is 34.9 Å². The van der Waals surface area contributed by atoms with E-state index in [9.17, 15) is 19.2 Å². The molecule has 0 amide bonds. The largest absolute Gasteiger partial charge is 1.00 e. The number of rotatable bonds is 10. The summed E-state index contributed by atoms with van der Waals surface area (Å²) in [5, 5.41) is 0. The van der Waals surface area contributed by atoms with Crippen molar-refractivity contribution in [2.24, 2.45) is 45.8 Å². The van der Waals surface area contributed by atoms with Gasteiger partial charge in [-0.1, -0.05) is 99.1 Å². The molecule has 0 aromatic carbocycles. The summed E-state index contributed by atoms with van der Waals surface area (Å²) < 4.78 is 0. The van der Waals surface area contributed by atoms with Crippen LogP contribution in [0.1, 0.15) is 169 Å². The number of hydrogen-bond acceptors (Lipinski definition) is 5. The third kappa shape index (κ3) is 17.8. The molecule has 0 aromatic rings. The molecule has 0 heterocycles. The second-order valence-corrected chi connectivity index (χ2v) is 16.3. The smallest absolute Gasteiger partial charge is 0.870 e. The monoisotopic (exact) mass is 697 g/mol. The van der Waals surface area contributed by atoms with Crippen molar-refractivity contribution < 1.29 is 54.2 Å². The first-order valence-electron chi connectivity index (χ1n) is 18.0. The molecular formula is C43H77NaO5. The van der Waals surface area contributed by atoms with Crippen LogP contribution in [-0.4, -0.2) is 29.1 Å². The molecule has 2 unspecified atom stereocenters. The fraction of sp³-hybridized carbons (Fsp3) is 0.767. The average Bonchev–Trinajstić information content (AvgIpc) is 3.49. The van der Waals surface area contributed by atoms with E-state index in [4.69, 9.17) is 0 Å². The first kappa shape index (κ1) is 54.6. The first-order chi connectivity index (χ1) is 21.1. The average molecular weight is 697 g/mol. The molecule has 0 aromatic heterocycles. The SMILES string of the molecule is C.CC(=O)/C(C)=C/C[C@@H]1CC=C(C)C1(C)C.CC(=O)C(C)CC[C@@H]1CCC(C)C1(C)C.CC1=CC[C@@H](CC=O)C1(C)C.CCC(C)=O.[Na+].[OH-]. The molecule has 5 atom stereocenters. The van der Waals surface area contributed by atoms with Gasteiger partial charge in [-0.05, 0) is 132 Å². The van der Waals surface area contributed by atoms with E-state index < -0.39 is 0 Å². The van der Waals surface area contributed by atoms with Crippen LogP contribution in [0.4, 0.5) is 0 Å². The molecule has 3 rings (SSSR count). The summed E-state index contributed by atoms with van der Waals surface area (Å²) in [5.74, 6) is 3.92. The van der Waals surface area contributed by atoms with E-state index in [0.29, 0.717) is 41.3 Å². The Balaban J connectivity index is -0.000000284. The summed E-state index contributed by atoms with van der Waals surface area (Å²) in [7, 11) is 0. The van der Waals surface area contributed by atoms with Crippen molar-refractivity contribution in [2.75, 3.05) is 0 Å². The number of hydrogen-bond donors (Lipinski definition) is 0. The minimum atomic E-state index is 0. The zero-order chi connectivity index (χ0) is 36.0. The summed E-state index contributed by atoms with van der Waals surface area (Å²) in [5.41, 5.74) is 4.85. The van der Waals surface area contributed by atoms with Gasteiger partial charge in [0.25, 0.3) is 0 Å². The van der Waals surface area contributed by atoms with Gasteiger partial charge in [0.1, 0.15) is 17.9 Å². The van der Waals surface area contributed by atoms with Gasteiger partial charge < -0.3 is 15.1 Å². The maximum Gasteiger partial charge on any atom is 1.00 e. The van der Waals surface area contributed by atoms with Gasteiger partial charge in [-0.15, -0.1) is 0 Å². The molecule has 280 valence electrons. The Morgan fingerprint density at radius 1 is 0.837 bits per heavy atom. The molecule has 6 heteroatoms. The normalized spacial score (nSPS) is 24.5. The van der Waals surface area contributed by atoms with E-state index in [1.54, 1.807) is 20.8 Å². The molecule has 1 saturated carbocycles. The summed E-state index contributed by atoms with van der Waals surface area (Å²) in [6, 6.07) is 0. The maximum absolute atomic E-state index is 11.2. The minimum Gasteiger partial charge on any atom is -0.870 e. The standard InChI is InChI=1S/C14H26O.C14H22O.C10H16O.C4H8O.CH4.Na.H2O/c2*1-10(12(3)15)6-8-13-9-7-11(2)14(13,4)5;1-8-4-5-9(6-7-11)10(8,2)3;1-3-4(2)5;;;/h10-11,13H,6-9H2,1-5H3;6-7,13H,8-9H2,1-5H3;4,7,9H,5-6H2,1-3H3;3H2,1-2H3;1H4;;1H2/q;;;;;+1;/p-1/b;10-6+;;;;;/t10?,11?,13-;13-;9-;;;;/m110..../s1. The van der Waals surface area contributed by atoms with E-state index in [1.807, 2.05) is 13.8 Å². The number of carbonyl (C=O) groups is 4. The zero-order valence-corrected chi connectivity index (χ0v) is 36.1. The molecule has 0 bridgehead atoms. The quantitative estimate of drug-likeness (QED) is 0.0983. The van der Waals surface area contributed by atoms with Crippen molar-refractivity contribution in [1.82, 2.24) is 0 Å². The van der Waals surface area contributed by atoms with E-state index in [1.165, 1.54) is 30.4 Å². The third-order valence-electron chi connectivity index (χ3n) is 12.5. The van der Waals surface area contributed by atoms with Crippen molar-refractivity contribution >= 4 is 23.6 Å². The van der Waals surface area contributed by atoms with E-state index in [2.05, 4.69) is 87.5 Å². The second kappa shape index (κ2) is 24.9. The van der Waals surface area contributed by atoms with Crippen LogP contribution in [-0.2, 0) is 19.2 Å². The fourth-order valence-corrected chi connectivity index (χ4v) is 6.53. The van der Waals surface area contributed by atoms with Gasteiger partial charge >= 0.3 is 29.6 Å². The summed E-state index contributed by atoms with van der Waals surface area (Å²) >= 11 is 0. The van der Waals surface area contributed by atoms with Crippen LogP contribution in [0.3, 0.4) is 0 Å². The van der Waals surface area contributed by atoms with Crippen molar-refractivity contribution in [2.45, 2.75) is 169 Å². The molecule has 5 nitrogen and oxygen atoms in total. The van der Waals surface area contributed by atoms with Gasteiger partial charge in [0.15, 0.2) is 5.78 Å². The van der Waals surface area contributed by atoms with Crippen molar-refractivity contribution in [1.29, 1.82) is 0 Å². The Morgan fingerprint density at radius 3 is 1.55 bits per heavy atom. The Labute approximate surface area is 326 Å². The van der Waals surface area contributed by atoms with Crippen LogP contribution in [0.15, 0.2) is 34.9 Å². The Bertz CT molecular complexity index is 1110. The number of carbonyl (C=O) groups excluding carboxylic acids is 4. The van der Waals surface area contributed by atoms with E-state index >= 15 is 0 Å². The minimum absolute atomic E-state index is 0. The molecule has 49 heavy (non-hydrogen) atoms. The molecule has 3 aliphatic rings. The number of Topliss-reactive ketones (excluding diaryl/α,β-unsaturated/α-hetero) is 3. The molecule has 1 fully saturated rings. The molecule has 1 N–H and O–H groups in total. The Hall–Kier alpha value is -1.14. The zero-order valence-electron chi connectivity index (χ0n) is 34.1. The predicted octanol–water partition coefficient (Wildman–Crippen LogP) is 8.98. The maximum atomic E-state index is 11.2. The molecule has 0 aliphatic heterocycles. The van der Waals surface area contributed by atoms with Gasteiger partial charge in [-0.2, -0.15) is 0 Å². The Kier molecular flexibility index (Phi) is 27.8. The Morgan fingerprint density at radius 2 is 1.27 bits per heavy atom. The van der Waals surface area contributed by atoms with Gasteiger partial charge in [-0.3, -0.25) is 9.59 Å². The number of ketones is 3. The second-order valence-electron chi connectivity index (χ2n) is 16.3. The number of allylic oxidation sites excluding steroid dienone is 6. The molecular weight excluding hydrogens is 619 g/mol. The van der Waals surface area contributed by atoms with Crippen LogP contribution in [0.2, 0.25) is 0 Å². The van der Waals surface area contributed by atoms with Crippen LogP contribution in [0, 0.1) is 45.8 Å². The first-order valence-corrected chi connectivity index (χ1v) is 18.0.